The third-order valence-electron chi connectivity index (χ3n) is 8.88. The summed E-state index contributed by atoms with van der Waals surface area (Å²) in [7, 11) is -6.90. The van der Waals surface area contributed by atoms with Crippen molar-refractivity contribution < 1.29 is 36.5 Å². The molecule has 5 rings (SSSR count). The van der Waals surface area contributed by atoms with Crippen LogP contribution < -0.4 is 15.8 Å². The smallest absolute Gasteiger partial charge is 0.362 e. The molecular weight excluding hydrogens is 623 g/mol. The van der Waals surface area contributed by atoms with Gasteiger partial charge in [0.15, 0.2) is 31.7 Å². The average Bonchev–Trinajstić information content (AvgIpc) is 3.59. The lowest BCUT2D eigenvalue weighted by atomic mass is 9.97. The van der Waals surface area contributed by atoms with Gasteiger partial charge in [-0.2, -0.15) is 8.42 Å². The lowest BCUT2D eigenvalue weighted by molar-refractivity contribution is -0.121. The van der Waals surface area contributed by atoms with E-state index < -0.39 is 67.6 Å². The maximum atomic E-state index is 12.8. The van der Waals surface area contributed by atoms with E-state index in [2.05, 4.69) is 54.1 Å². The number of imidazole rings is 1. The minimum atomic E-state index is -4.55. The first-order chi connectivity index (χ1) is 20.9. The Kier molecular flexibility index (Phi) is 8.56. The predicted molar refractivity (Wildman–Crippen MR) is 165 cm³/mol. The molecule has 17 heteroatoms. The van der Waals surface area contributed by atoms with E-state index in [9.17, 15) is 23.1 Å². The maximum Gasteiger partial charge on any atom is 0.362 e. The summed E-state index contributed by atoms with van der Waals surface area (Å²) < 4.78 is 47.5. The number of amides is 2. The molecule has 45 heavy (non-hydrogen) atoms. The van der Waals surface area contributed by atoms with Gasteiger partial charge in [-0.15, -0.1) is 0 Å². The van der Waals surface area contributed by atoms with Crippen LogP contribution in [0.15, 0.2) is 36.9 Å². The van der Waals surface area contributed by atoms with Crippen LogP contribution >= 0.6 is 0 Å². The molecule has 1 saturated heterocycles. The normalized spacial score (nSPS) is 25.4. The number of hydrogen-bond donors (Lipinski definition) is 4. The molecular formula is C28H39N7O8SSi. The van der Waals surface area contributed by atoms with E-state index in [1.165, 1.54) is 12.7 Å². The van der Waals surface area contributed by atoms with E-state index in [1.54, 1.807) is 28.8 Å². The van der Waals surface area contributed by atoms with Crippen molar-refractivity contribution in [3.8, 4) is 0 Å². The molecule has 2 aliphatic rings. The summed E-state index contributed by atoms with van der Waals surface area (Å²) in [6.45, 7) is 12.0. The summed E-state index contributed by atoms with van der Waals surface area (Å²) >= 11 is 0. The van der Waals surface area contributed by atoms with Crippen molar-refractivity contribution in [2.24, 2.45) is 5.92 Å². The molecule has 2 amide bonds. The van der Waals surface area contributed by atoms with Crippen molar-refractivity contribution in [3.63, 3.8) is 0 Å². The fraction of sp³-hybridized carbons (Fsp3) is 0.536. The number of anilines is 1. The van der Waals surface area contributed by atoms with E-state index in [0.717, 1.165) is 0 Å². The van der Waals surface area contributed by atoms with Crippen LogP contribution in [0.2, 0.25) is 18.1 Å². The fourth-order valence-corrected chi connectivity index (χ4v) is 7.36. The summed E-state index contributed by atoms with van der Waals surface area (Å²) in [5, 5.41) is 13.3. The second kappa shape index (κ2) is 11.7. The third-order valence-corrected chi connectivity index (χ3v) is 14.3. The quantitative estimate of drug-likeness (QED) is 0.230. The van der Waals surface area contributed by atoms with E-state index >= 15 is 0 Å². The first-order valence-electron chi connectivity index (χ1n) is 14.5. The SMILES string of the molecule is C[C@H]1[C@@H](O[Si](C)(C)C(C)(C)C)[C@H](n2cnc3c(N)ncnc32)O[C@@H]1COS(=O)(=O)NC(=O)CCC1(O)NC(=O)c2ccccc21. The lowest BCUT2D eigenvalue weighted by Gasteiger charge is -2.40. The lowest BCUT2D eigenvalue weighted by Crippen LogP contribution is -2.47. The predicted octanol–water partition coefficient (Wildman–Crippen LogP) is 2.08. The van der Waals surface area contributed by atoms with Crippen LogP contribution in [0, 0.1) is 5.92 Å². The first kappa shape index (κ1) is 32.9. The van der Waals surface area contributed by atoms with Crippen LogP contribution in [-0.2, 0) is 34.2 Å². The number of nitrogens with one attached hydrogen (secondary N) is 2. The van der Waals surface area contributed by atoms with Crippen LogP contribution in [-0.4, -0.2) is 72.0 Å². The highest BCUT2D eigenvalue weighted by Crippen LogP contribution is 2.44. The monoisotopic (exact) mass is 661 g/mol. The summed E-state index contributed by atoms with van der Waals surface area (Å²) in [4.78, 5) is 37.5. The topological polar surface area (TPSA) is 210 Å². The van der Waals surface area contributed by atoms with E-state index in [0.29, 0.717) is 16.7 Å². The van der Waals surface area contributed by atoms with Gasteiger partial charge in [-0.05, 0) is 24.2 Å². The Morgan fingerprint density at radius 1 is 1.24 bits per heavy atom. The maximum absolute atomic E-state index is 12.8. The number of rotatable bonds is 10. The van der Waals surface area contributed by atoms with Gasteiger partial charge in [0.1, 0.15) is 11.8 Å². The van der Waals surface area contributed by atoms with E-state index in [4.69, 9.17) is 19.1 Å². The van der Waals surface area contributed by atoms with Gasteiger partial charge >= 0.3 is 10.3 Å². The minimum Gasteiger partial charge on any atom is -0.409 e. The summed E-state index contributed by atoms with van der Waals surface area (Å²) in [6, 6.07) is 6.43. The van der Waals surface area contributed by atoms with Crippen LogP contribution in [0.25, 0.3) is 11.2 Å². The van der Waals surface area contributed by atoms with Crippen molar-refractivity contribution in [2.75, 3.05) is 12.3 Å². The second-order valence-electron chi connectivity index (χ2n) is 13.0. The average molecular weight is 662 g/mol. The van der Waals surface area contributed by atoms with Crippen molar-refractivity contribution in [2.45, 2.75) is 82.8 Å². The molecule has 244 valence electrons. The number of aromatic nitrogens is 4. The summed E-state index contributed by atoms with van der Waals surface area (Å²) in [5.74, 6) is -1.53. The van der Waals surface area contributed by atoms with Gasteiger partial charge in [0.25, 0.3) is 5.91 Å². The standard InChI is InChI=1S/C28H39N7O8SSi/c1-16-19(13-41-44(39,40)34-20(36)11-12-28(38)18-10-8-7-9-17(18)25(37)33-28)42-26(22(16)43-45(5,6)27(2,3)4)35-15-32-21-23(29)30-14-31-24(21)35/h7-10,14-16,19,22,26,38H,11-13H2,1-6H3,(H,33,37)(H,34,36)(H2,29,30,31)/t16-,19-,22-,26-,28?/m1/s1. The van der Waals surface area contributed by atoms with Gasteiger partial charge in [0.2, 0.25) is 5.91 Å². The van der Waals surface area contributed by atoms with Crippen molar-refractivity contribution in [3.05, 3.63) is 48.0 Å². The molecule has 3 aromatic rings. The highest BCUT2D eigenvalue weighted by Gasteiger charge is 2.50. The molecule has 5 N–H and O–H groups in total. The largest absolute Gasteiger partial charge is 0.409 e. The zero-order valence-electron chi connectivity index (χ0n) is 26.0. The Morgan fingerprint density at radius 3 is 2.67 bits per heavy atom. The number of nitrogens with two attached hydrogens (primary N) is 1. The molecule has 0 aliphatic carbocycles. The Hall–Kier alpha value is -3.48. The molecule has 1 unspecified atom stereocenters. The molecule has 15 nitrogen and oxygen atoms in total. The number of benzene rings is 1. The number of hydrogen-bond acceptors (Lipinski definition) is 12. The highest BCUT2D eigenvalue weighted by molar-refractivity contribution is 7.85. The Balaban J connectivity index is 1.27. The number of nitrogen functional groups attached to an aromatic ring is 1. The molecule has 2 aromatic heterocycles. The first-order valence-corrected chi connectivity index (χ1v) is 18.8. The van der Waals surface area contributed by atoms with Crippen molar-refractivity contribution in [1.29, 1.82) is 0 Å². The number of nitrogens with zero attached hydrogens (tertiary/aromatic N) is 4. The Labute approximate surface area is 262 Å². The second-order valence-corrected chi connectivity index (χ2v) is 19.1. The molecule has 5 atom stereocenters. The van der Waals surface area contributed by atoms with Gasteiger partial charge in [0.05, 0.1) is 25.1 Å². The number of ether oxygens (including phenoxy) is 1. The van der Waals surface area contributed by atoms with Crippen LogP contribution in [0.4, 0.5) is 5.82 Å². The summed E-state index contributed by atoms with van der Waals surface area (Å²) in [5.41, 5.74) is 5.64. The molecule has 0 spiro atoms. The molecule has 0 bridgehead atoms. The number of carbonyl (C=O) groups is 2. The van der Waals surface area contributed by atoms with Crippen molar-refractivity contribution >= 4 is 47.4 Å². The molecule has 2 aliphatic heterocycles. The van der Waals surface area contributed by atoms with Gasteiger partial charge in [-0.25, -0.2) is 19.7 Å². The summed E-state index contributed by atoms with van der Waals surface area (Å²) in [6.07, 6.45) is 0.202. The van der Waals surface area contributed by atoms with Crippen LogP contribution in [0.5, 0.6) is 0 Å². The molecule has 0 saturated carbocycles. The number of carbonyl (C=O) groups excluding carboxylic acids is 2. The van der Waals surface area contributed by atoms with Crippen LogP contribution in [0.3, 0.4) is 0 Å². The van der Waals surface area contributed by atoms with Gasteiger partial charge < -0.3 is 25.3 Å². The van der Waals surface area contributed by atoms with Gasteiger partial charge in [0, 0.05) is 29.9 Å². The van der Waals surface area contributed by atoms with Crippen LogP contribution in [0.1, 0.15) is 62.7 Å². The zero-order valence-corrected chi connectivity index (χ0v) is 27.8. The van der Waals surface area contributed by atoms with Gasteiger partial charge in [-0.1, -0.05) is 45.9 Å². The van der Waals surface area contributed by atoms with E-state index in [-0.39, 0.29) is 28.8 Å². The number of aliphatic hydroxyl groups is 1. The van der Waals surface area contributed by atoms with Crippen molar-refractivity contribution in [1.82, 2.24) is 29.6 Å². The minimum absolute atomic E-state index is 0.125. The Morgan fingerprint density at radius 2 is 1.96 bits per heavy atom. The third kappa shape index (κ3) is 6.45. The van der Waals surface area contributed by atoms with E-state index in [1.807, 2.05) is 11.6 Å². The van der Waals surface area contributed by atoms with Gasteiger partial charge in [-0.3, -0.25) is 18.3 Å². The molecule has 1 fully saturated rings. The molecule has 4 heterocycles. The zero-order chi connectivity index (χ0) is 32.9. The number of fused-ring (bicyclic) bond motifs is 2. The highest BCUT2D eigenvalue weighted by atomic mass is 32.2. The molecule has 1 aromatic carbocycles. The Bertz CT molecular complexity index is 1730. The molecule has 0 radical (unpaired) electrons. The fourth-order valence-electron chi connectivity index (χ4n) is 5.24.